The van der Waals surface area contributed by atoms with Gasteiger partial charge in [-0.25, -0.2) is 9.59 Å². The molecule has 4 N–H and O–H groups in total. The van der Waals surface area contributed by atoms with Gasteiger partial charge in [0.2, 0.25) is 5.91 Å². The van der Waals surface area contributed by atoms with Crippen LogP contribution in [-0.2, 0) is 20.7 Å². The Kier molecular flexibility index (Phi) is 7.70. The average Bonchev–Trinajstić information content (AvgIpc) is 3.00. The fourth-order valence-electron chi connectivity index (χ4n) is 3.31. The molecule has 31 heavy (non-hydrogen) atoms. The number of aliphatic carboxylic acids is 1. The van der Waals surface area contributed by atoms with Crippen LogP contribution in [0.1, 0.15) is 52.2 Å². The molecule has 0 bridgehead atoms. The van der Waals surface area contributed by atoms with Crippen molar-refractivity contribution in [3.63, 3.8) is 0 Å². The third kappa shape index (κ3) is 7.31. The first-order chi connectivity index (χ1) is 14.4. The Labute approximate surface area is 182 Å². The molecule has 2 amide bonds. The maximum absolute atomic E-state index is 12.9. The highest BCUT2D eigenvalue weighted by Crippen LogP contribution is 2.21. The van der Waals surface area contributed by atoms with Crippen molar-refractivity contribution >= 4 is 28.9 Å². The lowest BCUT2D eigenvalue weighted by atomic mass is 10.0. The van der Waals surface area contributed by atoms with E-state index >= 15 is 0 Å². The van der Waals surface area contributed by atoms with Gasteiger partial charge in [-0.3, -0.25) is 4.79 Å². The van der Waals surface area contributed by atoms with Crippen LogP contribution in [0.4, 0.5) is 4.79 Å². The molecule has 8 heteroatoms. The lowest BCUT2D eigenvalue weighted by Crippen LogP contribution is -2.53. The number of ether oxygens (including phenoxy) is 1. The number of H-pyrrole nitrogens is 1. The number of carbonyl (C=O) groups is 3. The summed E-state index contributed by atoms with van der Waals surface area (Å²) in [5, 5.41) is 15.8. The second-order valence-corrected chi connectivity index (χ2v) is 9.29. The first-order valence-electron chi connectivity index (χ1n) is 10.4. The molecule has 2 rings (SSSR count). The molecule has 170 valence electrons. The van der Waals surface area contributed by atoms with Crippen molar-refractivity contribution in [3.05, 3.63) is 35.5 Å². The summed E-state index contributed by atoms with van der Waals surface area (Å²) in [6.45, 7) is 11.0. The van der Waals surface area contributed by atoms with Crippen LogP contribution in [0.2, 0.25) is 0 Å². The molecule has 0 fully saturated rings. The smallest absolute Gasteiger partial charge is 0.408 e. The highest BCUT2D eigenvalue weighted by atomic mass is 16.6. The number of nitrogens with one attached hydrogen (secondary N) is 3. The van der Waals surface area contributed by atoms with Crippen molar-refractivity contribution in [2.24, 2.45) is 5.92 Å². The Morgan fingerprint density at radius 1 is 1.13 bits per heavy atom. The fourth-order valence-corrected chi connectivity index (χ4v) is 3.31. The molecule has 1 aromatic carbocycles. The number of aromatic nitrogens is 1. The molecular formula is C23H33N3O5. The van der Waals surface area contributed by atoms with Crippen molar-refractivity contribution in [2.45, 2.75) is 72.1 Å². The molecule has 8 nitrogen and oxygen atoms in total. The molecule has 0 aliphatic carbocycles. The summed E-state index contributed by atoms with van der Waals surface area (Å²) in [5.74, 6) is -1.59. The number of alkyl carbamates (subject to hydrolysis) is 1. The summed E-state index contributed by atoms with van der Waals surface area (Å²) in [4.78, 5) is 40.1. The van der Waals surface area contributed by atoms with E-state index in [0.717, 1.165) is 22.0 Å². The van der Waals surface area contributed by atoms with Crippen molar-refractivity contribution in [1.82, 2.24) is 15.6 Å². The Morgan fingerprint density at radius 2 is 1.81 bits per heavy atom. The highest BCUT2D eigenvalue weighted by molar-refractivity contribution is 5.90. The predicted octanol–water partition coefficient (Wildman–Crippen LogP) is 3.53. The molecule has 1 heterocycles. The molecule has 0 aliphatic rings. The number of fused-ring (bicyclic) bond motifs is 1. The zero-order valence-corrected chi connectivity index (χ0v) is 19.0. The molecule has 0 saturated heterocycles. The highest BCUT2D eigenvalue weighted by Gasteiger charge is 2.29. The van der Waals surface area contributed by atoms with Crippen molar-refractivity contribution < 1.29 is 24.2 Å². The summed E-state index contributed by atoms with van der Waals surface area (Å²) >= 11 is 0. The monoisotopic (exact) mass is 431 g/mol. The van der Waals surface area contributed by atoms with Crippen LogP contribution in [0.25, 0.3) is 10.9 Å². The number of amides is 2. The molecule has 0 spiro atoms. The van der Waals surface area contributed by atoms with Gasteiger partial charge in [-0.15, -0.1) is 0 Å². The number of aryl methyl sites for hydroxylation is 1. The van der Waals surface area contributed by atoms with E-state index < -0.39 is 35.7 Å². The first kappa shape index (κ1) is 24.2. The number of carboxylic acid groups (broad SMARTS) is 1. The summed E-state index contributed by atoms with van der Waals surface area (Å²) in [6.07, 6.45) is 1.51. The number of benzene rings is 1. The van der Waals surface area contributed by atoms with Gasteiger partial charge in [0.25, 0.3) is 0 Å². The number of rotatable bonds is 8. The Morgan fingerprint density at radius 3 is 2.39 bits per heavy atom. The normalized spacial score (nSPS) is 13.6. The van der Waals surface area contributed by atoms with Crippen LogP contribution in [-0.4, -0.2) is 45.7 Å². The van der Waals surface area contributed by atoms with Gasteiger partial charge in [-0.2, -0.15) is 0 Å². The lowest BCUT2D eigenvalue weighted by Gasteiger charge is -2.25. The Hall–Kier alpha value is -3.03. The van der Waals surface area contributed by atoms with E-state index in [1.165, 1.54) is 0 Å². The zero-order chi connectivity index (χ0) is 23.3. The molecule has 2 atom stereocenters. The number of carbonyl (C=O) groups excluding carboxylic acids is 2. The van der Waals surface area contributed by atoms with E-state index in [4.69, 9.17) is 4.74 Å². The Balaban J connectivity index is 2.16. The van der Waals surface area contributed by atoms with Gasteiger partial charge >= 0.3 is 12.1 Å². The van der Waals surface area contributed by atoms with Gasteiger partial charge in [0.05, 0.1) is 0 Å². The number of hydrogen-bond donors (Lipinski definition) is 4. The van der Waals surface area contributed by atoms with E-state index in [9.17, 15) is 19.5 Å². The average molecular weight is 432 g/mol. The van der Waals surface area contributed by atoms with E-state index in [1.54, 1.807) is 27.0 Å². The minimum atomic E-state index is -1.14. The van der Waals surface area contributed by atoms with Crippen LogP contribution in [0.15, 0.2) is 24.4 Å². The largest absolute Gasteiger partial charge is 0.480 e. The molecule has 0 aliphatic heterocycles. The number of carboxylic acids is 1. The third-order valence-electron chi connectivity index (χ3n) is 4.68. The van der Waals surface area contributed by atoms with Crippen molar-refractivity contribution in [1.29, 1.82) is 0 Å². The molecule has 0 radical (unpaired) electrons. The molecule has 2 aromatic rings. The standard InChI is InChI=1S/C23H33N3O5/c1-13(2)9-18(26-22(30)31-23(4,5)6)20(27)25-19(21(28)29)11-15-12-24-17-8-7-14(3)10-16(15)17/h7-8,10,12-13,18-19,24H,9,11H2,1-6H3,(H,25,27)(H,26,30)(H,28,29)/t18-,19-/m0/s1. The van der Waals surface area contributed by atoms with Crippen LogP contribution in [0.5, 0.6) is 0 Å². The SMILES string of the molecule is Cc1ccc2[nH]cc(C[C@H](NC(=O)[C@H](CC(C)C)NC(=O)OC(C)(C)C)C(=O)O)c2c1. The molecule has 0 unspecified atom stereocenters. The van der Waals surface area contributed by atoms with Crippen molar-refractivity contribution in [2.75, 3.05) is 0 Å². The number of hydrogen-bond acceptors (Lipinski definition) is 4. The molecular weight excluding hydrogens is 398 g/mol. The minimum absolute atomic E-state index is 0.102. The number of aromatic amines is 1. The van der Waals surface area contributed by atoms with Crippen molar-refractivity contribution in [3.8, 4) is 0 Å². The van der Waals surface area contributed by atoms with Gasteiger partial charge in [-0.1, -0.05) is 25.5 Å². The second kappa shape index (κ2) is 9.85. The first-order valence-corrected chi connectivity index (χ1v) is 10.4. The van der Waals surface area contributed by atoms with E-state index in [2.05, 4.69) is 15.6 Å². The van der Waals surface area contributed by atoms with E-state index in [1.807, 2.05) is 39.0 Å². The quantitative estimate of drug-likeness (QED) is 0.510. The summed E-state index contributed by atoms with van der Waals surface area (Å²) in [5.41, 5.74) is 2.05. The van der Waals surface area contributed by atoms with Gasteiger partial charge < -0.3 is 25.5 Å². The van der Waals surface area contributed by atoms with Crippen LogP contribution in [0, 0.1) is 12.8 Å². The van der Waals surface area contributed by atoms with Crippen LogP contribution >= 0.6 is 0 Å². The summed E-state index contributed by atoms with van der Waals surface area (Å²) in [6, 6.07) is 3.85. The van der Waals surface area contributed by atoms with Gasteiger partial charge in [0, 0.05) is 23.5 Å². The van der Waals surface area contributed by atoms with Gasteiger partial charge in [0.15, 0.2) is 0 Å². The third-order valence-corrected chi connectivity index (χ3v) is 4.68. The maximum Gasteiger partial charge on any atom is 0.408 e. The Bertz CT molecular complexity index is 942. The maximum atomic E-state index is 12.9. The molecule has 0 saturated carbocycles. The van der Waals surface area contributed by atoms with E-state index in [-0.39, 0.29) is 12.3 Å². The fraction of sp³-hybridized carbons (Fsp3) is 0.522. The van der Waals surface area contributed by atoms with Crippen LogP contribution in [0.3, 0.4) is 0 Å². The van der Waals surface area contributed by atoms with Gasteiger partial charge in [0.1, 0.15) is 17.7 Å². The van der Waals surface area contributed by atoms with Crippen LogP contribution < -0.4 is 10.6 Å². The topological polar surface area (TPSA) is 121 Å². The van der Waals surface area contributed by atoms with E-state index in [0.29, 0.717) is 6.42 Å². The minimum Gasteiger partial charge on any atom is -0.480 e. The zero-order valence-electron chi connectivity index (χ0n) is 19.0. The second-order valence-electron chi connectivity index (χ2n) is 9.29. The summed E-state index contributed by atoms with van der Waals surface area (Å²) < 4.78 is 5.25. The predicted molar refractivity (Wildman–Crippen MR) is 119 cm³/mol. The summed E-state index contributed by atoms with van der Waals surface area (Å²) in [7, 11) is 0. The molecule has 1 aromatic heterocycles. The lowest BCUT2D eigenvalue weighted by molar-refractivity contribution is -0.142. The van der Waals surface area contributed by atoms with Gasteiger partial charge in [-0.05, 0) is 57.7 Å².